The lowest BCUT2D eigenvalue weighted by molar-refractivity contribution is 0.391. The van der Waals surface area contributed by atoms with E-state index in [0.717, 1.165) is 52.6 Å². The van der Waals surface area contributed by atoms with E-state index in [1.165, 1.54) is 0 Å². The van der Waals surface area contributed by atoms with E-state index in [2.05, 4.69) is 5.32 Å². The maximum Gasteiger partial charge on any atom is 0.250 e. The Kier molecular flexibility index (Phi) is 12.2. The molecule has 0 aliphatic rings. The molecule has 11 heteroatoms. The van der Waals surface area contributed by atoms with Gasteiger partial charge in [0.05, 0.1) is 35.7 Å². The highest BCUT2D eigenvalue weighted by atomic mass is 35.5. The molecule has 1 N–H and O–H groups in total. The smallest absolute Gasteiger partial charge is 0.250 e. The van der Waals surface area contributed by atoms with Gasteiger partial charge in [-0.2, -0.15) is 0 Å². The molecule has 0 unspecified atom stereocenters. The van der Waals surface area contributed by atoms with Crippen LogP contribution in [-0.2, 0) is 26.1 Å². The molecule has 4 aromatic heterocycles. The summed E-state index contributed by atoms with van der Waals surface area (Å²) in [7, 11) is 3.21. The predicted octanol–water partition coefficient (Wildman–Crippen LogP) is 7.94. The third kappa shape index (κ3) is 8.45. The van der Waals surface area contributed by atoms with Crippen molar-refractivity contribution in [2.75, 3.05) is 20.8 Å². The molecule has 0 saturated heterocycles. The molecule has 266 valence electrons. The lowest BCUT2D eigenvalue weighted by Crippen LogP contribution is -2.26. The van der Waals surface area contributed by atoms with Gasteiger partial charge in [-0.15, -0.1) is 0 Å². The Morgan fingerprint density at radius 3 is 1.67 bits per heavy atom. The fraction of sp³-hybridized carbons (Fsp3) is 0.220. The van der Waals surface area contributed by atoms with Gasteiger partial charge in [-0.1, -0.05) is 83.9 Å². The normalized spacial score (nSPS) is 11.1. The van der Waals surface area contributed by atoms with Crippen LogP contribution >= 0.6 is 23.2 Å². The van der Waals surface area contributed by atoms with Crippen LogP contribution in [0.4, 0.5) is 0 Å². The minimum absolute atomic E-state index is 0.00447. The number of halogens is 2. The molecule has 0 amide bonds. The van der Waals surface area contributed by atoms with Gasteiger partial charge < -0.3 is 23.9 Å². The van der Waals surface area contributed by atoms with Crippen LogP contribution in [0.1, 0.15) is 24.0 Å². The fourth-order valence-corrected chi connectivity index (χ4v) is 6.75. The molecule has 0 spiro atoms. The summed E-state index contributed by atoms with van der Waals surface area (Å²) in [4.78, 5) is 33.6. The van der Waals surface area contributed by atoms with E-state index in [4.69, 9.17) is 42.6 Å². The summed E-state index contributed by atoms with van der Waals surface area (Å²) in [6.07, 6.45) is 6.08. The molecule has 6 aromatic rings. The molecule has 0 bridgehead atoms. The average molecular weight is 737 g/mol. The van der Waals surface area contributed by atoms with Crippen molar-refractivity contribution in [1.82, 2.24) is 24.4 Å². The number of methoxy groups -OCH3 is 2. The lowest BCUT2D eigenvalue weighted by Gasteiger charge is -2.15. The molecule has 4 heterocycles. The van der Waals surface area contributed by atoms with Gasteiger partial charge in [-0.3, -0.25) is 9.59 Å². The minimum atomic E-state index is -0.0335. The Hall–Kier alpha value is -5.22. The number of rotatable bonds is 15. The Morgan fingerprint density at radius 2 is 1.12 bits per heavy atom. The van der Waals surface area contributed by atoms with E-state index in [9.17, 15) is 9.59 Å². The summed E-state index contributed by atoms with van der Waals surface area (Å²) in [5.74, 6) is 1.03. The molecule has 0 radical (unpaired) electrons. The highest BCUT2D eigenvalue weighted by Gasteiger charge is 2.18. The Bertz CT molecular complexity index is 2130. The zero-order chi connectivity index (χ0) is 36.5. The third-order valence-corrected chi connectivity index (χ3v) is 9.66. The van der Waals surface area contributed by atoms with Gasteiger partial charge in [0, 0.05) is 84.1 Å². The monoisotopic (exact) mass is 735 g/mol. The molecular formula is C41H39Cl2N5O4. The number of unbranched alkanes of at least 4 members (excludes halogenated alkanes) is 1. The first-order valence-corrected chi connectivity index (χ1v) is 17.8. The largest absolute Gasteiger partial charge is 0.481 e. The van der Waals surface area contributed by atoms with Crippen molar-refractivity contribution in [3.8, 4) is 45.4 Å². The van der Waals surface area contributed by atoms with Crippen LogP contribution in [0.5, 0.6) is 11.8 Å². The van der Waals surface area contributed by atoms with Crippen molar-refractivity contribution in [3.05, 3.63) is 151 Å². The number of hydrogen-bond donors (Lipinski definition) is 1. The average Bonchev–Trinajstić information content (AvgIpc) is 3.17. The highest BCUT2D eigenvalue weighted by molar-refractivity contribution is 6.39. The van der Waals surface area contributed by atoms with Gasteiger partial charge in [0.25, 0.3) is 5.56 Å². The Balaban J connectivity index is 1.18. The molecule has 0 fully saturated rings. The molecule has 9 nitrogen and oxygen atoms in total. The van der Waals surface area contributed by atoms with Crippen LogP contribution in [0.3, 0.4) is 0 Å². The van der Waals surface area contributed by atoms with Gasteiger partial charge in [0.15, 0.2) is 0 Å². The molecule has 0 aliphatic carbocycles. The second-order valence-corrected chi connectivity index (χ2v) is 12.9. The minimum Gasteiger partial charge on any atom is -0.481 e. The standard InChI is InChI=1S/C41H39Cl2N5O4/c1-51-40-28(11-3-6-23-47-24-7-4-16-36(47)49)18-20-34(45-40)32-14-9-12-30(38(32)42)31-13-10-15-33(39(31)43)35-21-19-29(41(46-35)52-2)27-44-22-26-48-25-8-5-17-37(48)50/h4-5,7-10,12-21,24-25,44H,3,6,11,22-23,26-27H2,1-2H3. The summed E-state index contributed by atoms with van der Waals surface area (Å²) in [6.45, 7) is 2.33. The van der Waals surface area contributed by atoms with Crippen molar-refractivity contribution in [1.29, 1.82) is 0 Å². The molecule has 2 aromatic carbocycles. The highest BCUT2D eigenvalue weighted by Crippen LogP contribution is 2.42. The molecule has 52 heavy (non-hydrogen) atoms. The fourth-order valence-electron chi connectivity index (χ4n) is 6.10. The summed E-state index contributed by atoms with van der Waals surface area (Å²) in [6, 6.07) is 29.8. The summed E-state index contributed by atoms with van der Waals surface area (Å²) in [5.41, 5.74) is 6.20. The molecule has 0 saturated carbocycles. The van der Waals surface area contributed by atoms with Crippen LogP contribution in [-0.4, -0.2) is 39.9 Å². The van der Waals surface area contributed by atoms with Gasteiger partial charge in [0.2, 0.25) is 17.3 Å². The van der Waals surface area contributed by atoms with E-state index in [1.807, 2.05) is 79.0 Å². The van der Waals surface area contributed by atoms with Crippen molar-refractivity contribution in [3.63, 3.8) is 0 Å². The topological polar surface area (TPSA) is 100 Å². The number of pyridine rings is 4. The first-order chi connectivity index (χ1) is 25.4. The number of nitrogens with zero attached hydrogens (tertiary/aromatic N) is 4. The van der Waals surface area contributed by atoms with E-state index in [1.54, 1.807) is 53.8 Å². The lowest BCUT2D eigenvalue weighted by atomic mass is 9.98. The van der Waals surface area contributed by atoms with Gasteiger partial charge >= 0.3 is 0 Å². The van der Waals surface area contributed by atoms with Crippen LogP contribution in [0, 0.1) is 0 Å². The number of aryl methyl sites for hydroxylation is 2. The molecule has 6 rings (SSSR count). The number of ether oxygens (including phenoxy) is 2. The third-order valence-electron chi connectivity index (χ3n) is 8.84. The van der Waals surface area contributed by atoms with Crippen molar-refractivity contribution in [2.45, 2.75) is 38.9 Å². The summed E-state index contributed by atoms with van der Waals surface area (Å²) >= 11 is 14.2. The van der Waals surface area contributed by atoms with Gasteiger partial charge in [0.1, 0.15) is 0 Å². The molecule has 0 atom stereocenters. The van der Waals surface area contributed by atoms with Crippen LogP contribution in [0.15, 0.2) is 119 Å². The maximum absolute atomic E-state index is 12.0. The zero-order valence-corrected chi connectivity index (χ0v) is 30.5. The van der Waals surface area contributed by atoms with Gasteiger partial charge in [-0.25, -0.2) is 9.97 Å². The van der Waals surface area contributed by atoms with Crippen LogP contribution in [0.2, 0.25) is 10.0 Å². The van der Waals surface area contributed by atoms with E-state index < -0.39 is 0 Å². The van der Waals surface area contributed by atoms with E-state index in [-0.39, 0.29) is 11.1 Å². The van der Waals surface area contributed by atoms with Gasteiger partial charge in [-0.05, 0) is 43.5 Å². The second-order valence-electron chi connectivity index (χ2n) is 12.2. The summed E-state index contributed by atoms with van der Waals surface area (Å²) in [5, 5.41) is 4.39. The second kappa shape index (κ2) is 17.3. The van der Waals surface area contributed by atoms with E-state index >= 15 is 0 Å². The van der Waals surface area contributed by atoms with Crippen molar-refractivity contribution < 1.29 is 9.47 Å². The molecule has 0 aliphatic heterocycles. The van der Waals surface area contributed by atoms with Crippen molar-refractivity contribution >= 4 is 23.2 Å². The van der Waals surface area contributed by atoms with Crippen LogP contribution < -0.4 is 25.9 Å². The molecular weight excluding hydrogens is 697 g/mol. The first-order valence-electron chi connectivity index (χ1n) is 17.1. The first kappa shape index (κ1) is 36.6. The number of benzene rings is 2. The Labute approximate surface area is 312 Å². The number of aromatic nitrogens is 4. The maximum atomic E-state index is 12.0. The summed E-state index contributed by atoms with van der Waals surface area (Å²) < 4.78 is 14.7. The number of hydrogen-bond acceptors (Lipinski definition) is 7. The number of nitrogens with one attached hydrogen (secondary N) is 1. The van der Waals surface area contributed by atoms with Crippen LogP contribution in [0.25, 0.3) is 33.6 Å². The Morgan fingerprint density at radius 1 is 0.596 bits per heavy atom. The quantitative estimate of drug-likeness (QED) is 0.107. The van der Waals surface area contributed by atoms with Crippen molar-refractivity contribution in [2.24, 2.45) is 0 Å². The van der Waals surface area contributed by atoms with E-state index in [0.29, 0.717) is 59.4 Å². The SMILES string of the molecule is COc1nc(-c2cccc(-c3cccc(-c4ccc(CNCCn5ccccc5=O)c(OC)n4)c3Cl)c2Cl)ccc1CCCCn1ccccc1=O. The zero-order valence-electron chi connectivity index (χ0n) is 29.0. The predicted molar refractivity (Wildman–Crippen MR) is 208 cm³/mol.